The van der Waals surface area contributed by atoms with Crippen LogP contribution in [-0.2, 0) is 0 Å². The standard InChI is InChI=1S/C16H32N2O/c1-16(2,3)10-13-9-14(17-7-4-8-19)12-18(11-13)15-5-6-15/h13-15,17,19H,4-12H2,1-3H3. The molecule has 0 amide bonds. The molecule has 3 nitrogen and oxygen atoms in total. The van der Waals surface area contributed by atoms with Gasteiger partial charge in [0.2, 0.25) is 0 Å². The first kappa shape index (κ1) is 15.3. The Bertz CT molecular complexity index is 270. The Labute approximate surface area is 118 Å². The van der Waals surface area contributed by atoms with E-state index in [-0.39, 0.29) is 0 Å². The van der Waals surface area contributed by atoms with Crippen molar-refractivity contribution >= 4 is 0 Å². The maximum absolute atomic E-state index is 8.90. The fourth-order valence-electron chi connectivity index (χ4n) is 3.53. The summed E-state index contributed by atoms with van der Waals surface area (Å²) in [6.45, 7) is 10.9. The van der Waals surface area contributed by atoms with E-state index in [9.17, 15) is 0 Å². The predicted molar refractivity (Wildman–Crippen MR) is 80.3 cm³/mol. The Morgan fingerprint density at radius 2 is 1.95 bits per heavy atom. The molecule has 2 aliphatic rings. The van der Waals surface area contributed by atoms with Gasteiger partial charge >= 0.3 is 0 Å². The van der Waals surface area contributed by atoms with E-state index in [1.807, 2.05) is 0 Å². The largest absolute Gasteiger partial charge is 0.396 e. The number of nitrogens with zero attached hydrogens (tertiary/aromatic N) is 1. The molecule has 0 aromatic heterocycles. The van der Waals surface area contributed by atoms with Crippen LogP contribution in [0.15, 0.2) is 0 Å². The van der Waals surface area contributed by atoms with Gasteiger partial charge in [-0.2, -0.15) is 0 Å². The normalized spacial score (nSPS) is 29.7. The van der Waals surface area contributed by atoms with Crippen LogP contribution >= 0.6 is 0 Å². The molecule has 2 atom stereocenters. The Balaban J connectivity index is 1.85. The van der Waals surface area contributed by atoms with Crippen molar-refractivity contribution in [2.75, 3.05) is 26.2 Å². The number of nitrogens with one attached hydrogen (secondary N) is 1. The van der Waals surface area contributed by atoms with Crippen LogP contribution in [0.25, 0.3) is 0 Å². The van der Waals surface area contributed by atoms with Crippen molar-refractivity contribution in [3.63, 3.8) is 0 Å². The van der Waals surface area contributed by atoms with E-state index >= 15 is 0 Å². The molecular formula is C16H32N2O. The van der Waals surface area contributed by atoms with Crippen LogP contribution < -0.4 is 5.32 Å². The Kier molecular flexibility index (Phi) is 5.27. The third-order valence-electron chi connectivity index (χ3n) is 4.30. The van der Waals surface area contributed by atoms with Gasteiger partial charge in [0, 0.05) is 31.8 Å². The number of likely N-dealkylation sites (tertiary alicyclic amines) is 1. The summed E-state index contributed by atoms with van der Waals surface area (Å²) in [5, 5.41) is 12.5. The second-order valence-corrected chi connectivity index (χ2v) is 7.78. The fourth-order valence-corrected chi connectivity index (χ4v) is 3.53. The number of hydrogen-bond donors (Lipinski definition) is 2. The smallest absolute Gasteiger partial charge is 0.0443 e. The van der Waals surface area contributed by atoms with Gasteiger partial charge in [-0.25, -0.2) is 0 Å². The highest BCUT2D eigenvalue weighted by Gasteiger charge is 2.36. The average Bonchev–Trinajstić information content (AvgIpc) is 3.10. The topological polar surface area (TPSA) is 35.5 Å². The van der Waals surface area contributed by atoms with Crippen LogP contribution in [0.2, 0.25) is 0 Å². The van der Waals surface area contributed by atoms with E-state index in [0.29, 0.717) is 18.1 Å². The highest BCUT2D eigenvalue weighted by Crippen LogP contribution is 2.35. The van der Waals surface area contributed by atoms with Gasteiger partial charge in [0.05, 0.1) is 0 Å². The summed E-state index contributed by atoms with van der Waals surface area (Å²) in [6, 6.07) is 1.51. The summed E-state index contributed by atoms with van der Waals surface area (Å²) in [6.07, 6.45) is 6.33. The molecule has 0 spiro atoms. The van der Waals surface area contributed by atoms with E-state index in [2.05, 4.69) is 31.0 Å². The first-order valence-electron chi connectivity index (χ1n) is 8.06. The predicted octanol–water partition coefficient (Wildman–Crippen LogP) is 2.25. The molecule has 1 aliphatic heterocycles. The lowest BCUT2D eigenvalue weighted by Gasteiger charge is -2.40. The minimum absolute atomic E-state index is 0.303. The quantitative estimate of drug-likeness (QED) is 0.725. The van der Waals surface area contributed by atoms with E-state index in [0.717, 1.165) is 24.9 Å². The lowest BCUT2D eigenvalue weighted by Crippen LogP contribution is -2.50. The minimum Gasteiger partial charge on any atom is -0.396 e. The number of aliphatic hydroxyl groups excluding tert-OH is 1. The second-order valence-electron chi connectivity index (χ2n) is 7.78. The van der Waals surface area contributed by atoms with Crippen LogP contribution in [0, 0.1) is 11.3 Å². The van der Waals surface area contributed by atoms with Gasteiger partial charge in [-0.3, -0.25) is 4.90 Å². The number of aliphatic hydroxyl groups is 1. The van der Waals surface area contributed by atoms with Crippen LogP contribution in [0.4, 0.5) is 0 Å². The van der Waals surface area contributed by atoms with Crippen LogP contribution in [0.3, 0.4) is 0 Å². The average molecular weight is 268 g/mol. The Hall–Kier alpha value is -0.120. The number of hydrogen-bond acceptors (Lipinski definition) is 3. The molecule has 3 heteroatoms. The van der Waals surface area contributed by atoms with E-state index in [4.69, 9.17) is 5.11 Å². The third-order valence-corrected chi connectivity index (χ3v) is 4.30. The Morgan fingerprint density at radius 1 is 1.21 bits per heavy atom. The molecule has 2 N–H and O–H groups in total. The van der Waals surface area contributed by atoms with Gasteiger partial charge in [0.25, 0.3) is 0 Å². The molecule has 1 aliphatic carbocycles. The van der Waals surface area contributed by atoms with Gasteiger partial charge < -0.3 is 10.4 Å². The van der Waals surface area contributed by atoms with Crippen LogP contribution in [0.5, 0.6) is 0 Å². The SMILES string of the molecule is CC(C)(C)CC1CC(NCCCO)CN(C2CC2)C1. The zero-order chi connectivity index (χ0) is 13.9. The molecule has 19 heavy (non-hydrogen) atoms. The fraction of sp³-hybridized carbons (Fsp3) is 1.00. The molecular weight excluding hydrogens is 236 g/mol. The van der Waals surface area contributed by atoms with E-state index in [1.54, 1.807) is 0 Å². The molecule has 0 aromatic rings. The first-order valence-corrected chi connectivity index (χ1v) is 8.06. The summed E-state index contributed by atoms with van der Waals surface area (Å²) < 4.78 is 0. The van der Waals surface area contributed by atoms with Gasteiger partial charge in [-0.05, 0) is 50.0 Å². The molecule has 0 aromatic carbocycles. The lowest BCUT2D eigenvalue weighted by atomic mass is 9.80. The second kappa shape index (κ2) is 6.55. The van der Waals surface area contributed by atoms with Crippen molar-refractivity contribution in [2.24, 2.45) is 11.3 Å². The lowest BCUT2D eigenvalue weighted by molar-refractivity contribution is 0.107. The maximum atomic E-state index is 8.90. The van der Waals surface area contributed by atoms with Crippen molar-refractivity contribution in [2.45, 2.75) is 65.0 Å². The van der Waals surface area contributed by atoms with Gasteiger partial charge in [0.1, 0.15) is 0 Å². The highest BCUT2D eigenvalue weighted by molar-refractivity contribution is 4.93. The van der Waals surface area contributed by atoms with Crippen LogP contribution in [0.1, 0.15) is 52.9 Å². The molecule has 2 rings (SSSR count). The summed E-state index contributed by atoms with van der Waals surface area (Å²) in [5.41, 5.74) is 0.437. The maximum Gasteiger partial charge on any atom is 0.0443 e. The van der Waals surface area contributed by atoms with Crippen LogP contribution in [-0.4, -0.2) is 48.3 Å². The van der Waals surface area contributed by atoms with Crippen molar-refractivity contribution in [3.05, 3.63) is 0 Å². The van der Waals surface area contributed by atoms with Gasteiger partial charge in [-0.1, -0.05) is 20.8 Å². The summed E-state index contributed by atoms with van der Waals surface area (Å²) in [7, 11) is 0. The molecule has 112 valence electrons. The van der Waals surface area contributed by atoms with Crippen molar-refractivity contribution in [1.29, 1.82) is 0 Å². The molecule has 1 heterocycles. The summed E-state index contributed by atoms with van der Waals surface area (Å²) in [5.74, 6) is 0.834. The third kappa shape index (κ3) is 5.41. The van der Waals surface area contributed by atoms with Gasteiger partial charge in [-0.15, -0.1) is 0 Å². The summed E-state index contributed by atoms with van der Waals surface area (Å²) >= 11 is 0. The Morgan fingerprint density at radius 3 is 2.53 bits per heavy atom. The van der Waals surface area contributed by atoms with E-state index in [1.165, 1.54) is 38.8 Å². The molecule has 2 fully saturated rings. The zero-order valence-electron chi connectivity index (χ0n) is 13.0. The zero-order valence-corrected chi connectivity index (χ0v) is 13.0. The molecule has 0 radical (unpaired) electrons. The van der Waals surface area contributed by atoms with Crippen molar-refractivity contribution in [1.82, 2.24) is 10.2 Å². The highest BCUT2D eigenvalue weighted by atomic mass is 16.3. The summed E-state index contributed by atoms with van der Waals surface area (Å²) in [4.78, 5) is 2.72. The van der Waals surface area contributed by atoms with Gasteiger partial charge in [0.15, 0.2) is 0 Å². The molecule has 0 bridgehead atoms. The van der Waals surface area contributed by atoms with Crippen molar-refractivity contribution in [3.8, 4) is 0 Å². The molecule has 1 saturated carbocycles. The minimum atomic E-state index is 0.303. The number of piperidine rings is 1. The monoisotopic (exact) mass is 268 g/mol. The van der Waals surface area contributed by atoms with Crippen molar-refractivity contribution < 1.29 is 5.11 Å². The number of rotatable bonds is 6. The first-order chi connectivity index (χ1) is 8.98. The molecule has 1 saturated heterocycles. The van der Waals surface area contributed by atoms with E-state index < -0.39 is 0 Å². The molecule has 2 unspecified atom stereocenters.